The van der Waals surface area contributed by atoms with Crippen LogP contribution in [0.15, 0.2) is 0 Å². The third-order valence-electron chi connectivity index (χ3n) is 4.37. The van der Waals surface area contributed by atoms with E-state index in [4.69, 9.17) is 10.5 Å². The topological polar surface area (TPSA) is 69.4 Å². The van der Waals surface area contributed by atoms with Gasteiger partial charge in [-0.3, -0.25) is 10.5 Å². The Hall–Kier alpha value is -0.740. The van der Waals surface area contributed by atoms with Crippen LogP contribution in [-0.2, 0) is 14.3 Å². The molecule has 2 N–H and O–H groups in total. The van der Waals surface area contributed by atoms with E-state index in [1.54, 1.807) is 0 Å². The SMILES string of the molecule is CCCCCCCC(CCCCCC)C[C@H](C=O)O[C@@H](N)C=O. The van der Waals surface area contributed by atoms with Gasteiger partial charge in [0.25, 0.3) is 0 Å². The van der Waals surface area contributed by atoms with E-state index in [0.29, 0.717) is 18.6 Å². The van der Waals surface area contributed by atoms with E-state index in [0.717, 1.165) is 19.1 Å². The van der Waals surface area contributed by atoms with Gasteiger partial charge >= 0.3 is 0 Å². The summed E-state index contributed by atoms with van der Waals surface area (Å²) in [5, 5.41) is 0. The molecule has 0 aliphatic heterocycles. The molecule has 0 bridgehead atoms. The lowest BCUT2D eigenvalue weighted by atomic mass is 9.90. The van der Waals surface area contributed by atoms with Gasteiger partial charge in [-0.2, -0.15) is 0 Å². The fourth-order valence-corrected chi connectivity index (χ4v) is 2.98. The van der Waals surface area contributed by atoms with Crippen molar-refractivity contribution in [2.75, 3.05) is 0 Å². The number of nitrogens with two attached hydrogens (primary N) is 1. The minimum atomic E-state index is -0.990. The third-order valence-corrected chi connectivity index (χ3v) is 4.37. The van der Waals surface area contributed by atoms with Crippen molar-refractivity contribution < 1.29 is 14.3 Å². The average Bonchev–Trinajstić information content (AvgIpc) is 2.57. The summed E-state index contributed by atoms with van der Waals surface area (Å²) < 4.78 is 5.29. The molecular formula is C19H37NO3. The number of aldehydes is 2. The molecule has 136 valence electrons. The smallest absolute Gasteiger partial charge is 0.163 e. The lowest BCUT2D eigenvalue weighted by molar-refractivity contribution is -0.130. The number of carbonyl (C=O) groups excluding carboxylic acids is 2. The van der Waals surface area contributed by atoms with Gasteiger partial charge in [0, 0.05) is 0 Å². The maximum Gasteiger partial charge on any atom is 0.163 e. The number of carbonyl (C=O) groups is 2. The van der Waals surface area contributed by atoms with Crippen LogP contribution < -0.4 is 5.73 Å². The van der Waals surface area contributed by atoms with Crippen molar-refractivity contribution in [3.05, 3.63) is 0 Å². The van der Waals surface area contributed by atoms with Crippen molar-refractivity contribution in [2.45, 2.75) is 103 Å². The molecule has 0 aromatic rings. The number of hydrogen-bond donors (Lipinski definition) is 1. The summed E-state index contributed by atoms with van der Waals surface area (Å²) in [4.78, 5) is 21.8. The molecule has 0 aromatic heterocycles. The Balaban J connectivity index is 4.25. The van der Waals surface area contributed by atoms with Crippen LogP contribution in [0.4, 0.5) is 0 Å². The van der Waals surface area contributed by atoms with Crippen LogP contribution >= 0.6 is 0 Å². The summed E-state index contributed by atoms with van der Waals surface area (Å²) in [6.07, 6.45) is 14.0. The fourth-order valence-electron chi connectivity index (χ4n) is 2.98. The maximum atomic E-state index is 11.2. The van der Waals surface area contributed by atoms with Gasteiger partial charge in [-0.25, -0.2) is 0 Å². The van der Waals surface area contributed by atoms with Gasteiger partial charge in [0.1, 0.15) is 12.4 Å². The zero-order valence-electron chi connectivity index (χ0n) is 15.2. The van der Waals surface area contributed by atoms with E-state index in [1.165, 1.54) is 57.8 Å². The van der Waals surface area contributed by atoms with Crippen LogP contribution in [0.3, 0.4) is 0 Å². The molecule has 4 heteroatoms. The molecule has 0 aliphatic carbocycles. The normalized spacial score (nSPS) is 15.1. The van der Waals surface area contributed by atoms with Gasteiger partial charge in [-0.1, -0.05) is 84.5 Å². The van der Waals surface area contributed by atoms with Crippen molar-refractivity contribution >= 4 is 12.6 Å². The minimum absolute atomic E-state index is 0.488. The molecule has 0 amide bonds. The molecule has 0 fully saturated rings. The Bertz CT molecular complexity index is 284. The van der Waals surface area contributed by atoms with Crippen LogP contribution in [0.25, 0.3) is 0 Å². The molecule has 0 radical (unpaired) electrons. The molecule has 0 heterocycles. The Morgan fingerprint density at radius 3 is 1.83 bits per heavy atom. The van der Waals surface area contributed by atoms with Crippen molar-refractivity contribution in [2.24, 2.45) is 11.7 Å². The first-order valence-corrected chi connectivity index (χ1v) is 9.49. The number of rotatable bonds is 17. The number of unbranched alkanes of at least 4 members (excludes halogenated alkanes) is 7. The molecule has 0 spiro atoms. The van der Waals surface area contributed by atoms with E-state index in [-0.39, 0.29) is 0 Å². The monoisotopic (exact) mass is 327 g/mol. The van der Waals surface area contributed by atoms with Gasteiger partial charge in [0.05, 0.1) is 0 Å². The van der Waals surface area contributed by atoms with Crippen molar-refractivity contribution in [1.82, 2.24) is 0 Å². The van der Waals surface area contributed by atoms with Crippen LogP contribution in [0, 0.1) is 5.92 Å². The second kappa shape index (κ2) is 16.1. The summed E-state index contributed by atoms with van der Waals surface area (Å²) in [5.41, 5.74) is 5.47. The Kier molecular flexibility index (Phi) is 15.6. The van der Waals surface area contributed by atoms with E-state index < -0.39 is 12.3 Å². The first kappa shape index (κ1) is 22.3. The lowest BCUT2D eigenvalue weighted by Gasteiger charge is -2.21. The Morgan fingerprint density at radius 1 is 0.826 bits per heavy atom. The maximum absolute atomic E-state index is 11.2. The standard InChI is InChI=1S/C19H37NO3/c1-3-5-7-9-11-13-17(12-10-8-6-4-2)14-18(15-21)23-19(20)16-22/h15-19H,3-14,20H2,1-2H3/t17?,18-,19-/m1/s1. The number of hydrogen-bond acceptors (Lipinski definition) is 4. The summed E-state index contributed by atoms with van der Waals surface area (Å²) in [6, 6.07) is 0. The first-order chi connectivity index (χ1) is 11.2. The highest BCUT2D eigenvalue weighted by Crippen LogP contribution is 2.23. The van der Waals surface area contributed by atoms with E-state index in [1.807, 2.05) is 0 Å². The minimum Gasteiger partial charge on any atom is -0.346 e. The molecule has 1 unspecified atom stereocenters. The van der Waals surface area contributed by atoms with Gasteiger partial charge in [-0.05, 0) is 12.3 Å². The van der Waals surface area contributed by atoms with Gasteiger partial charge in [0.15, 0.2) is 12.5 Å². The van der Waals surface area contributed by atoms with E-state index >= 15 is 0 Å². The Morgan fingerprint density at radius 2 is 1.35 bits per heavy atom. The molecule has 4 nitrogen and oxygen atoms in total. The van der Waals surface area contributed by atoms with Crippen molar-refractivity contribution in [1.29, 1.82) is 0 Å². The summed E-state index contributed by atoms with van der Waals surface area (Å²) in [5.74, 6) is 0.488. The zero-order chi connectivity index (χ0) is 17.3. The summed E-state index contributed by atoms with van der Waals surface area (Å²) >= 11 is 0. The molecular weight excluding hydrogens is 290 g/mol. The van der Waals surface area contributed by atoms with Crippen LogP contribution in [-0.4, -0.2) is 24.9 Å². The molecule has 3 atom stereocenters. The predicted molar refractivity (Wildman–Crippen MR) is 95.2 cm³/mol. The van der Waals surface area contributed by atoms with Crippen LogP contribution in [0.1, 0.15) is 90.9 Å². The second-order valence-corrected chi connectivity index (χ2v) is 6.57. The highest BCUT2D eigenvalue weighted by atomic mass is 16.5. The first-order valence-electron chi connectivity index (χ1n) is 9.49. The average molecular weight is 328 g/mol. The lowest BCUT2D eigenvalue weighted by Crippen LogP contribution is -2.32. The highest BCUT2D eigenvalue weighted by molar-refractivity contribution is 5.58. The second-order valence-electron chi connectivity index (χ2n) is 6.57. The molecule has 0 saturated carbocycles. The van der Waals surface area contributed by atoms with Gasteiger partial charge < -0.3 is 9.53 Å². The fraction of sp³-hybridized carbons (Fsp3) is 0.895. The van der Waals surface area contributed by atoms with Crippen molar-refractivity contribution in [3.63, 3.8) is 0 Å². The summed E-state index contributed by atoms with van der Waals surface area (Å²) in [7, 11) is 0. The van der Waals surface area contributed by atoms with Crippen LogP contribution in [0.2, 0.25) is 0 Å². The highest BCUT2D eigenvalue weighted by Gasteiger charge is 2.18. The number of ether oxygens (including phenoxy) is 1. The molecule has 0 aliphatic rings. The largest absolute Gasteiger partial charge is 0.346 e. The predicted octanol–water partition coefficient (Wildman–Crippen LogP) is 4.39. The van der Waals surface area contributed by atoms with E-state index in [2.05, 4.69) is 13.8 Å². The van der Waals surface area contributed by atoms with Crippen molar-refractivity contribution in [3.8, 4) is 0 Å². The molecule has 0 saturated heterocycles. The molecule has 0 aromatic carbocycles. The quantitative estimate of drug-likeness (QED) is 0.244. The molecule has 0 rings (SSSR count). The molecule has 23 heavy (non-hydrogen) atoms. The third kappa shape index (κ3) is 13.4. The van der Waals surface area contributed by atoms with Gasteiger partial charge in [0.2, 0.25) is 0 Å². The van der Waals surface area contributed by atoms with Gasteiger partial charge in [-0.15, -0.1) is 0 Å². The van der Waals surface area contributed by atoms with E-state index in [9.17, 15) is 9.59 Å². The summed E-state index contributed by atoms with van der Waals surface area (Å²) in [6.45, 7) is 4.43. The Labute approximate surface area is 142 Å². The zero-order valence-corrected chi connectivity index (χ0v) is 15.2. The van der Waals surface area contributed by atoms with Crippen LogP contribution in [0.5, 0.6) is 0 Å².